The number of aromatic nitrogens is 2. The molecule has 18 heavy (non-hydrogen) atoms. The van der Waals surface area contributed by atoms with Gasteiger partial charge in [0.2, 0.25) is 0 Å². The molecule has 2 atom stereocenters. The highest BCUT2D eigenvalue weighted by Crippen LogP contribution is 2.38. The van der Waals surface area contributed by atoms with Crippen LogP contribution in [0.25, 0.3) is 0 Å². The predicted molar refractivity (Wildman–Crippen MR) is 70.7 cm³/mol. The first-order valence-electron chi connectivity index (χ1n) is 6.93. The molecular formula is C14H21N3O. The molecule has 4 heteroatoms. The van der Waals surface area contributed by atoms with Gasteiger partial charge in [-0.3, -0.25) is 0 Å². The van der Waals surface area contributed by atoms with E-state index in [1.165, 1.54) is 12.8 Å². The van der Waals surface area contributed by atoms with Gasteiger partial charge in [0.05, 0.1) is 6.10 Å². The second-order valence-corrected chi connectivity index (χ2v) is 5.87. The number of aliphatic hydroxyl groups is 1. The minimum atomic E-state index is -0.120. The number of hydrogen-bond donors (Lipinski definition) is 1. The molecule has 0 spiro atoms. The SMILES string of the molecule is CC(C)c1cc(N2C3CCC2CC(O)C3)ncn1. The fraction of sp³-hybridized carbons (Fsp3) is 0.714. The molecule has 4 nitrogen and oxygen atoms in total. The van der Waals surface area contributed by atoms with Gasteiger partial charge in [-0.1, -0.05) is 13.8 Å². The summed E-state index contributed by atoms with van der Waals surface area (Å²) < 4.78 is 0. The van der Waals surface area contributed by atoms with Gasteiger partial charge >= 0.3 is 0 Å². The van der Waals surface area contributed by atoms with Gasteiger partial charge in [-0.2, -0.15) is 0 Å². The lowest BCUT2D eigenvalue weighted by Crippen LogP contribution is -2.45. The van der Waals surface area contributed by atoms with Crippen LogP contribution in [-0.4, -0.2) is 33.3 Å². The largest absolute Gasteiger partial charge is 0.393 e. The highest BCUT2D eigenvalue weighted by atomic mass is 16.3. The van der Waals surface area contributed by atoms with Gasteiger partial charge in [0.1, 0.15) is 12.1 Å². The maximum atomic E-state index is 9.84. The molecule has 3 heterocycles. The number of aliphatic hydroxyl groups excluding tert-OH is 1. The molecule has 2 bridgehead atoms. The number of fused-ring (bicyclic) bond motifs is 2. The average molecular weight is 247 g/mol. The summed E-state index contributed by atoms with van der Waals surface area (Å²) in [6.07, 6.45) is 5.69. The molecule has 2 unspecified atom stereocenters. The van der Waals surface area contributed by atoms with E-state index in [2.05, 4.69) is 34.8 Å². The van der Waals surface area contributed by atoms with Gasteiger partial charge in [-0.05, 0) is 31.6 Å². The Labute approximate surface area is 108 Å². The Bertz CT molecular complexity index is 421. The highest BCUT2D eigenvalue weighted by Gasteiger charge is 2.40. The molecule has 98 valence electrons. The number of rotatable bonds is 2. The summed E-state index contributed by atoms with van der Waals surface area (Å²) in [5, 5.41) is 9.84. The zero-order valence-electron chi connectivity index (χ0n) is 11.1. The van der Waals surface area contributed by atoms with Gasteiger partial charge in [0.15, 0.2) is 0 Å². The summed E-state index contributed by atoms with van der Waals surface area (Å²) in [5.74, 6) is 1.48. The van der Waals surface area contributed by atoms with Crippen molar-refractivity contribution in [2.24, 2.45) is 0 Å². The van der Waals surface area contributed by atoms with Crippen LogP contribution in [0.1, 0.15) is 51.1 Å². The van der Waals surface area contributed by atoms with Crippen LogP contribution in [0.4, 0.5) is 5.82 Å². The normalized spacial score (nSPS) is 31.1. The van der Waals surface area contributed by atoms with Crippen molar-refractivity contribution < 1.29 is 5.11 Å². The third-order valence-corrected chi connectivity index (χ3v) is 4.24. The lowest BCUT2D eigenvalue weighted by molar-refractivity contribution is 0.126. The zero-order chi connectivity index (χ0) is 12.7. The Kier molecular flexibility index (Phi) is 2.98. The van der Waals surface area contributed by atoms with E-state index < -0.39 is 0 Å². The average Bonchev–Trinajstić information content (AvgIpc) is 2.62. The maximum absolute atomic E-state index is 9.84. The minimum Gasteiger partial charge on any atom is -0.393 e. The van der Waals surface area contributed by atoms with E-state index in [0.717, 1.165) is 24.4 Å². The van der Waals surface area contributed by atoms with Crippen LogP contribution < -0.4 is 4.90 Å². The molecule has 0 aromatic carbocycles. The predicted octanol–water partition coefficient (Wildman–Crippen LogP) is 2.09. The van der Waals surface area contributed by atoms with Crippen molar-refractivity contribution in [1.29, 1.82) is 0 Å². The first-order valence-corrected chi connectivity index (χ1v) is 6.93. The lowest BCUT2D eigenvalue weighted by atomic mass is 9.99. The summed E-state index contributed by atoms with van der Waals surface area (Å²) in [4.78, 5) is 11.2. The van der Waals surface area contributed by atoms with E-state index in [1.807, 2.05) is 0 Å². The summed E-state index contributed by atoms with van der Waals surface area (Å²) in [6, 6.07) is 3.05. The van der Waals surface area contributed by atoms with Crippen LogP contribution in [0.15, 0.2) is 12.4 Å². The van der Waals surface area contributed by atoms with Crippen molar-refractivity contribution in [3.63, 3.8) is 0 Å². The van der Waals surface area contributed by atoms with Crippen LogP contribution in [0, 0.1) is 0 Å². The zero-order valence-corrected chi connectivity index (χ0v) is 11.1. The van der Waals surface area contributed by atoms with E-state index in [0.29, 0.717) is 18.0 Å². The van der Waals surface area contributed by atoms with Crippen molar-refractivity contribution in [2.75, 3.05) is 4.90 Å². The molecule has 2 aliphatic heterocycles. The first-order chi connectivity index (χ1) is 8.65. The van der Waals surface area contributed by atoms with Gasteiger partial charge in [-0.15, -0.1) is 0 Å². The Morgan fingerprint density at radius 2 is 1.89 bits per heavy atom. The van der Waals surface area contributed by atoms with Crippen LogP contribution in [0.3, 0.4) is 0 Å². The Hall–Kier alpha value is -1.16. The quantitative estimate of drug-likeness (QED) is 0.869. The summed E-state index contributed by atoms with van der Waals surface area (Å²) >= 11 is 0. The van der Waals surface area contributed by atoms with Gasteiger partial charge in [0.25, 0.3) is 0 Å². The smallest absolute Gasteiger partial charge is 0.132 e. The van der Waals surface area contributed by atoms with Crippen molar-refractivity contribution in [3.8, 4) is 0 Å². The van der Waals surface area contributed by atoms with E-state index in [9.17, 15) is 5.11 Å². The molecule has 1 N–H and O–H groups in total. The molecule has 0 saturated carbocycles. The monoisotopic (exact) mass is 247 g/mol. The third kappa shape index (κ3) is 1.99. The van der Waals surface area contributed by atoms with Gasteiger partial charge < -0.3 is 10.0 Å². The van der Waals surface area contributed by atoms with Crippen molar-refractivity contribution in [1.82, 2.24) is 9.97 Å². The Balaban J connectivity index is 1.89. The second kappa shape index (κ2) is 4.50. The molecule has 1 aromatic heterocycles. The van der Waals surface area contributed by atoms with Crippen LogP contribution in [0.2, 0.25) is 0 Å². The number of anilines is 1. The van der Waals surface area contributed by atoms with Crippen molar-refractivity contribution in [2.45, 2.75) is 63.6 Å². The molecule has 2 aliphatic rings. The van der Waals surface area contributed by atoms with Crippen molar-refractivity contribution >= 4 is 5.82 Å². The van der Waals surface area contributed by atoms with E-state index in [-0.39, 0.29) is 6.10 Å². The van der Waals surface area contributed by atoms with Crippen LogP contribution in [0.5, 0.6) is 0 Å². The minimum absolute atomic E-state index is 0.120. The summed E-state index contributed by atoms with van der Waals surface area (Å²) in [7, 11) is 0. The molecule has 1 aromatic rings. The fourth-order valence-corrected chi connectivity index (χ4v) is 3.34. The van der Waals surface area contributed by atoms with Gasteiger partial charge in [0, 0.05) is 23.8 Å². The summed E-state index contributed by atoms with van der Waals surface area (Å²) in [5.41, 5.74) is 1.10. The topological polar surface area (TPSA) is 49.2 Å². The van der Waals surface area contributed by atoms with Crippen LogP contribution in [-0.2, 0) is 0 Å². The van der Waals surface area contributed by atoms with Crippen LogP contribution >= 0.6 is 0 Å². The molecule has 0 amide bonds. The van der Waals surface area contributed by atoms with Gasteiger partial charge in [-0.25, -0.2) is 9.97 Å². The molecule has 2 saturated heterocycles. The first kappa shape index (κ1) is 11.9. The van der Waals surface area contributed by atoms with E-state index in [4.69, 9.17) is 0 Å². The number of nitrogens with zero attached hydrogens (tertiary/aromatic N) is 3. The number of hydrogen-bond acceptors (Lipinski definition) is 4. The Morgan fingerprint density at radius 3 is 2.50 bits per heavy atom. The second-order valence-electron chi connectivity index (χ2n) is 5.87. The molecule has 3 rings (SSSR count). The molecule has 0 aliphatic carbocycles. The Morgan fingerprint density at radius 1 is 1.22 bits per heavy atom. The molecular weight excluding hydrogens is 226 g/mol. The maximum Gasteiger partial charge on any atom is 0.132 e. The fourth-order valence-electron chi connectivity index (χ4n) is 3.34. The van der Waals surface area contributed by atoms with E-state index in [1.54, 1.807) is 6.33 Å². The highest BCUT2D eigenvalue weighted by molar-refractivity contribution is 5.44. The molecule has 2 fully saturated rings. The third-order valence-electron chi connectivity index (χ3n) is 4.24. The molecule has 0 radical (unpaired) electrons. The summed E-state index contributed by atoms with van der Waals surface area (Å²) in [6.45, 7) is 4.31. The number of piperidine rings is 1. The van der Waals surface area contributed by atoms with Crippen molar-refractivity contribution in [3.05, 3.63) is 18.1 Å². The van der Waals surface area contributed by atoms with E-state index >= 15 is 0 Å². The standard InChI is InChI=1S/C14H21N3O/c1-9(2)13-7-14(16-8-15-13)17-10-3-4-11(17)6-12(18)5-10/h7-12,18H,3-6H2,1-2H3. The lowest BCUT2D eigenvalue weighted by Gasteiger charge is -2.38.